The smallest absolute Gasteiger partial charge is 0.410 e. The molecule has 3 heterocycles. The van der Waals surface area contributed by atoms with E-state index < -0.39 is 5.60 Å². The first kappa shape index (κ1) is 17.8. The summed E-state index contributed by atoms with van der Waals surface area (Å²) in [5, 5.41) is 8.90. The molecule has 1 aromatic heterocycles. The molecule has 2 aliphatic heterocycles. The van der Waals surface area contributed by atoms with Crippen LogP contribution in [0.4, 0.5) is 10.6 Å². The van der Waals surface area contributed by atoms with Gasteiger partial charge in [0.1, 0.15) is 18.0 Å². The van der Waals surface area contributed by atoms with E-state index in [4.69, 9.17) is 14.6 Å². The number of fused-ring (bicyclic) bond motifs is 3. The van der Waals surface area contributed by atoms with Crippen LogP contribution in [-0.2, 0) is 11.2 Å². The third kappa shape index (κ3) is 3.81. The minimum atomic E-state index is -0.489. The predicted octanol–water partition coefficient (Wildman–Crippen LogP) is 1.82. The Morgan fingerprint density at radius 2 is 2.12 bits per heavy atom. The summed E-state index contributed by atoms with van der Waals surface area (Å²) >= 11 is 0. The number of rotatable bonds is 3. The van der Waals surface area contributed by atoms with Gasteiger partial charge in [-0.15, -0.1) is 0 Å². The normalized spacial score (nSPS) is 22.4. The molecule has 2 aliphatic rings. The van der Waals surface area contributed by atoms with Crippen LogP contribution < -0.4 is 9.64 Å². The fourth-order valence-corrected chi connectivity index (χ4v) is 3.53. The second-order valence-corrected chi connectivity index (χ2v) is 7.70. The maximum atomic E-state index is 12.4. The summed E-state index contributed by atoms with van der Waals surface area (Å²) in [4.78, 5) is 21.1. The molecular weight excluding hydrogens is 322 g/mol. The van der Waals surface area contributed by atoms with Crippen molar-refractivity contribution in [3.8, 4) is 5.88 Å². The first-order valence-corrected chi connectivity index (χ1v) is 8.78. The van der Waals surface area contributed by atoms with Crippen molar-refractivity contribution in [1.82, 2.24) is 9.88 Å². The molecule has 0 aliphatic carbocycles. The largest absolute Gasteiger partial charge is 0.475 e. The molecule has 25 heavy (non-hydrogen) atoms. The van der Waals surface area contributed by atoms with E-state index in [0.29, 0.717) is 19.0 Å². The number of pyridine rings is 1. The van der Waals surface area contributed by atoms with Crippen molar-refractivity contribution >= 4 is 11.9 Å². The third-order valence-electron chi connectivity index (χ3n) is 4.41. The number of hydrogen-bond acceptors (Lipinski definition) is 6. The van der Waals surface area contributed by atoms with Gasteiger partial charge in [-0.2, -0.15) is 4.98 Å². The molecule has 0 aromatic carbocycles. The summed E-state index contributed by atoms with van der Waals surface area (Å²) in [6.45, 7) is 9.18. The van der Waals surface area contributed by atoms with Crippen LogP contribution in [0, 0.1) is 0 Å². The number of aliphatic hydroxyl groups is 1. The van der Waals surface area contributed by atoms with E-state index in [1.54, 1.807) is 4.90 Å². The van der Waals surface area contributed by atoms with Crippen LogP contribution >= 0.6 is 0 Å². The number of carbonyl (C=O) groups excluding carboxylic acids is 1. The van der Waals surface area contributed by atoms with Gasteiger partial charge in [0, 0.05) is 25.2 Å². The molecule has 0 saturated carbocycles. The molecule has 7 heteroatoms. The lowest BCUT2D eigenvalue weighted by atomic mass is 10.1. The van der Waals surface area contributed by atoms with Crippen LogP contribution in [0.2, 0.25) is 0 Å². The molecular formula is C18H27N3O4. The number of nitrogens with zero attached hydrogens (tertiary/aromatic N) is 3. The number of aliphatic hydroxyl groups excluding tert-OH is 1. The number of piperazine rings is 1. The summed E-state index contributed by atoms with van der Waals surface area (Å²) in [6.07, 6.45) is 0.599. The van der Waals surface area contributed by atoms with E-state index in [1.807, 2.05) is 32.9 Å². The standard InChI is InChI=1S/C18H27N3O4/c1-12-10-20(17(23)25-18(2,3)4)11-14-9-13-5-6-15(24-8-7-22)19-16(13)21(12)14/h5-6,12,14,22H,7-11H2,1-4H3/t12-,14-/m1/s1. The Hall–Kier alpha value is -2.02. The summed E-state index contributed by atoms with van der Waals surface area (Å²) in [7, 11) is 0. The number of amides is 1. The fourth-order valence-electron chi connectivity index (χ4n) is 3.53. The Morgan fingerprint density at radius 3 is 2.80 bits per heavy atom. The van der Waals surface area contributed by atoms with Gasteiger partial charge in [-0.1, -0.05) is 0 Å². The van der Waals surface area contributed by atoms with Crippen LogP contribution in [0.5, 0.6) is 5.88 Å². The molecule has 1 fully saturated rings. The van der Waals surface area contributed by atoms with Gasteiger partial charge in [-0.05, 0) is 45.7 Å². The summed E-state index contributed by atoms with van der Waals surface area (Å²) < 4.78 is 11.0. The monoisotopic (exact) mass is 349 g/mol. The first-order valence-electron chi connectivity index (χ1n) is 8.78. The van der Waals surface area contributed by atoms with Gasteiger partial charge in [-0.3, -0.25) is 0 Å². The Morgan fingerprint density at radius 1 is 1.36 bits per heavy atom. The Kier molecular flexibility index (Phi) is 4.77. The van der Waals surface area contributed by atoms with Gasteiger partial charge in [0.05, 0.1) is 12.6 Å². The molecule has 1 aromatic rings. The maximum absolute atomic E-state index is 12.4. The zero-order valence-electron chi connectivity index (χ0n) is 15.4. The molecule has 7 nitrogen and oxygen atoms in total. The number of carbonyl (C=O) groups is 1. The van der Waals surface area contributed by atoms with Gasteiger partial charge in [0.2, 0.25) is 5.88 Å². The molecule has 0 bridgehead atoms. The van der Waals surface area contributed by atoms with E-state index in [0.717, 1.165) is 12.2 Å². The quantitative estimate of drug-likeness (QED) is 0.897. The van der Waals surface area contributed by atoms with Gasteiger partial charge >= 0.3 is 6.09 Å². The van der Waals surface area contributed by atoms with Crippen molar-refractivity contribution in [2.45, 2.75) is 51.8 Å². The summed E-state index contributed by atoms with van der Waals surface area (Å²) in [5.41, 5.74) is 0.676. The average Bonchev–Trinajstić information content (AvgIpc) is 2.89. The van der Waals surface area contributed by atoms with Crippen molar-refractivity contribution < 1.29 is 19.4 Å². The zero-order valence-corrected chi connectivity index (χ0v) is 15.4. The molecule has 3 rings (SSSR count). The highest BCUT2D eigenvalue weighted by Gasteiger charge is 2.41. The first-order chi connectivity index (χ1) is 11.8. The SMILES string of the molecule is C[C@@H]1CN(C(=O)OC(C)(C)C)C[C@H]2Cc3ccc(OCCO)nc3N21. The van der Waals surface area contributed by atoms with Crippen LogP contribution in [0.15, 0.2) is 12.1 Å². The molecule has 2 atom stereocenters. The van der Waals surface area contributed by atoms with Gasteiger partial charge in [-0.25, -0.2) is 4.79 Å². The van der Waals surface area contributed by atoms with Crippen molar-refractivity contribution in [2.24, 2.45) is 0 Å². The molecule has 0 spiro atoms. The van der Waals surface area contributed by atoms with Crippen molar-refractivity contribution in [1.29, 1.82) is 0 Å². The van der Waals surface area contributed by atoms with E-state index in [1.165, 1.54) is 5.56 Å². The lowest BCUT2D eigenvalue weighted by Gasteiger charge is -2.43. The van der Waals surface area contributed by atoms with Crippen LogP contribution in [0.1, 0.15) is 33.3 Å². The minimum absolute atomic E-state index is 0.0354. The summed E-state index contributed by atoms with van der Waals surface area (Å²) in [6, 6.07) is 4.21. The highest BCUT2D eigenvalue weighted by molar-refractivity contribution is 5.69. The van der Waals surface area contributed by atoms with Gasteiger partial charge in [0.25, 0.3) is 0 Å². The van der Waals surface area contributed by atoms with E-state index in [2.05, 4.69) is 16.8 Å². The van der Waals surface area contributed by atoms with E-state index in [-0.39, 0.29) is 31.4 Å². The Balaban J connectivity index is 1.74. The van der Waals surface area contributed by atoms with Crippen LogP contribution in [-0.4, -0.2) is 65.1 Å². The number of ether oxygens (including phenoxy) is 2. The number of aromatic nitrogens is 1. The number of hydrogen-bond donors (Lipinski definition) is 1. The predicted molar refractivity (Wildman–Crippen MR) is 94.1 cm³/mol. The third-order valence-corrected chi connectivity index (χ3v) is 4.41. The molecule has 1 N–H and O–H groups in total. The van der Waals surface area contributed by atoms with Gasteiger partial charge in [0.15, 0.2) is 0 Å². The van der Waals surface area contributed by atoms with Crippen LogP contribution in [0.25, 0.3) is 0 Å². The van der Waals surface area contributed by atoms with Crippen molar-refractivity contribution in [3.63, 3.8) is 0 Å². The Bertz CT molecular complexity index is 644. The van der Waals surface area contributed by atoms with E-state index >= 15 is 0 Å². The molecule has 1 amide bonds. The van der Waals surface area contributed by atoms with Crippen molar-refractivity contribution in [3.05, 3.63) is 17.7 Å². The van der Waals surface area contributed by atoms with Gasteiger partial charge < -0.3 is 24.4 Å². The van der Waals surface area contributed by atoms with E-state index in [9.17, 15) is 4.79 Å². The summed E-state index contributed by atoms with van der Waals surface area (Å²) in [5.74, 6) is 1.45. The van der Waals surface area contributed by atoms with Crippen LogP contribution in [0.3, 0.4) is 0 Å². The highest BCUT2D eigenvalue weighted by Crippen LogP contribution is 2.36. The maximum Gasteiger partial charge on any atom is 0.410 e. The molecule has 1 saturated heterocycles. The second-order valence-electron chi connectivity index (χ2n) is 7.70. The molecule has 0 unspecified atom stereocenters. The number of anilines is 1. The lowest BCUT2D eigenvalue weighted by molar-refractivity contribution is 0.0191. The fraction of sp³-hybridized carbons (Fsp3) is 0.667. The highest BCUT2D eigenvalue weighted by atomic mass is 16.6. The molecule has 0 radical (unpaired) electrons. The minimum Gasteiger partial charge on any atom is -0.475 e. The topological polar surface area (TPSA) is 75.1 Å². The lowest BCUT2D eigenvalue weighted by Crippen LogP contribution is -2.58. The average molecular weight is 349 g/mol. The Labute approximate surface area is 148 Å². The molecule has 138 valence electrons. The van der Waals surface area contributed by atoms with Crippen molar-refractivity contribution in [2.75, 3.05) is 31.2 Å². The zero-order chi connectivity index (χ0) is 18.2. The second kappa shape index (κ2) is 6.71.